The Balaban J connectivity index is 2.78. The van der Waals surface area contributed by atoms with Crippen LogP contribution in [0.2, 0.25) is 0 Å². The lowest BCUT2D eigenvalue weighted by Crippen LogP contribution is -2.35. The van der Waals surface area contributed by atoms with Gasteiger partial charge in [-0.3, -0.25) is 0 Å². The van der Waals surface area contributed by atoms with Gasteiger partial charge in [-0.1, -0.05) is 26.8 Å². The van der Waals surface area contributed by atoms with Crippen LogP contribution in [0.25, 0.3) is 0 Å². The molecule has 114 valence electrons. The molecule has 0 aliphatic heterocycles. The first kappa shape index (κ1) is 17.0. The molecule has 0 bridgehead atoms. The molecule has 0 aromatic heterocycles. The minimum atomic E-state index is -3.51. The van der Waals surface area contributed by atoms with E-state index in [-0.39, 0.29) is 17.1 Å². The number of hydrogen-bond acceptors (Lipinski definition) is 3. The van der Waals surface area contributed by atoms with Gasteiger partial charge in [0.15, 0.2) is 0 Å². The summed E-state index contributed by atoms with van der Waals surface area (Å²) in [6, 6.07) is 5.86. The highest BCUT2D eigenvalue weighted by Crippen LogP contribution is 2.28. The number of benzene rings is 1. The normalized spacial score (nSPS) is 14.1. The molecule has 1 aromatic rings. The third-order valence-corrected chi connectivity index (χ3v) is 4.45. The molecule has 20 heavy (non-hydrogen) atoms. The second-order valence-electron chi connectivity index (χ2n) is 6.45. The number of sulfonamides is 1. The first-order valence-electron chi connectivity index (χ1n) is 6.69. The molecule has 0 saturated carbocycles. The van der Waals surface area contributed by atoms with Gasteiger partial charge in [0.25, 0.3) is 0 Å². The fourth-order valence-electron chi connectivity index (χ4n) is 1.83. The Morgan fingerprint density at radius 3 is 2.25 bits per heavy atom. The molecule has 2 N–H and O–H groups in total. The first-order chi connectivity index (χ1) is 8.99. The smallest absolute Gasteiger partial charge is 0.209 e. The van der Waals surface area contributed by atoms with Crippen molar-refractivity contribution in [2.24, 2.45) is 16.5 Å². The zero-order chi connectivity index (χ0) is 15.6. The highest BCUT2D eigenvalue weighted by Gasteiger charge is 2.29. The maximum atomic E-state index is 11.3. The first-order valence-corrected chi connectivity index (χ1v) is 8.41. The van der Waals surface area contributed by atoms with E-state index in [0.29, 0.717) is 6.61 Å². The Labute approximate surface area is 122 Å². The van der Waals surface area contributed by atoms with E-state index in [2.05, 4.69) is 0 Å². The number of rotatable bonds is 5. The average Bonchev–Trinajstić information content (AvgIpc) is 2.26. The highest BCUT2D eigenvalue weighted by atomic mass is 32.2. The molecule has 1 atom stereocenters. The maximum absolute atomic E-state index is 11.3. The lowest BCUT2D eigenvalue weighted by molar-refractivity contribution is 0.163. The van der Waals surface area contributed by atoms with E-state index in [0.717, 1.165) is 11.3 Å². The van der Waals surface area contributed by atoms with Crippen LogP contribution in [0.1, 0.15) is 31.9 Å². The summed E-state index contributed by atoms with van der Waals surface area (Å²) in [5.41, 5.74) is 2.17. The van der Waals surface area contributed by atoms with Gasteiger partial charge in [0.05, 0.1) is 12.4 Å². The second-order valence-corrected chi connectivity index (χ2v) is 8.11. The van der Waals surface area contributed by atoms with Gasteiger partial charge in [0.2, 0.25) is 10.0 Å². The standard InChI is InChI=1S/C15H25NO3S/c1-11-6-7-14(8-12(11)2)19-9-13(15(3,4)5)10-20(16,17)18/h6-8,13H,9-10H2,1-5H3,(H2,16,17,18). The number of nitrogens with two attached hydrogens (primary N) is 1. The van der Waals surface area contributed by atoms with E-state index in [1.807, 2.05) is 52.8 Å². The summed E-state index contributed by atoms with van der Waals surface area (Å²) < 4.78 is 28.4. The van der Waals surface area contributed by atoms with E-state index < -0.39 is 10.0 Å². The SMILES string of the molecule is Cc1ccc(OCC(CS(N)(=O)=O)C(C)(C)C)cc1C. The summed E-state index contributed by atoms with van der Waals surface area (Å²) in [4.78, 5) is 0. The molecule has 0 heterocycles. The Kier molecular flexibility index (Phi) is 5.21. The largest absolute Gasteiger partial charge is 0.493 e. The lowest BCUT2D eigenvalue weighted by Gasteiger charge is -2.29. The van der Waals surface area contributed by atoms with E-state index >= 15 is 0 Å². The van der Waals surface area contributed by atoms with Crippen LogP contribution in [0.4, 0.5) is 0 Å². The van der Waals surface area contributed by atoms with Gasteiger partial charge in [-0.05, 0) is 42.5 Å². The van der Waals surface area contributed by atoms with Gasteiger partial charge in [-0.15, -0.1) is 0 Å². The predicted molar refractivity (Wildman–Crippen MR) is 82.3 cm³/mol. The van der Waals surface area contributed by atoms with Crippen molar-refractivity contribution in [3.8, 4) is 5.75 Å². The molecule has 0 aliphatic rings. The van der Waals surface area contributed by atoms with Crippen LogP contribution in [-0.2, 0) is 10.0 Å². The summed E-state index contributed by atoms with van der Waals surface area (Å²) in [6.45, 7) is 10.4. The van der Waals surface area contributed by atoms with Gasteiger partial charge in [0, 0.05) is 5.92 Å². The van der Waals surface area contributed by atoms with Crippen molar-refractivity contribution >= 4 is 10.0 Å². The van der Waals surface area contributed by atoms with E-state index in [1.165, 1.54) is 5.56 Å². The molecule has 0 saturated heterocycles. The molecular weight excluding hydrogens is 274 g/mol. The van der Waals surface area contributed by atoms with Crippen LogP contribution < -0.4 is 9.88 Å². The van der Waals surface area contributed by atoms with Gasteiger partial charge in [0.1, 0.15) is 5.75 Å². The Bertz CT molecular complexity index is 559. The summed E-state index contributed by atoms with van der Waals surface area (Å²) in [6.07, 6.45) is 0. The highest BCUT2D eigenvalue weighted by molar-refractivity contribution is 7.89. The van der Waals surface area contributed by atoms with Crippen molar-refractivity contribution in [3.05, 3.63) is 29.3 Å². The topological polar surface area (TPSA) is 69.4 Å². The minimum Gasteiger partial charge on any atom is -0.493 e. The van der Waals surface area contributed by atoms with Crippen LogP contribution in [0.5, 0.6) is 5.75 Å². The second kappa shape index (κ2) is 6.14. The molecule has 1 rings (SSSR count). The maximum Gasteiger partial charge on any atom is 0.209 e. The van der Waals surface area contributed by atoms with Crippen molar-refractivity contribution in [2.75, 3.05) is 12.4 Å². The van der Waals surface area contributed by atoms with Gasteiger partial charge >= 0.3 is 0 Å². The van der Waals surface area contributed by atoms with Crippen molar-refractivity contribution in [3.63, 3.8) is 0 Å². The zero-order valence-electron chi connectivity index (χ0n) is 12.9. The minimum absolute atomic E-state index is 0.0681. The van der Waals surface area contributed by atoms with Crippen molar-refractivity contribution < 1.29 is 13.2 Å². The monoisotopic (exact) mass is 299 g/mol. The Hall–Kier alpha value is -1.07. The molecule has 0 fully saturated rings. The van der Waals surface area contributed by atoms with E-state index in [9.17, 15) is 8.42 Å². The molecular formula is C15H25NO3S. The summed E-state index contributed by atoms with van der Waals surface area (Å²) in [7, 11) is -3.51. The number of hydrogen-bond donors (Lipinski definition) is 1. The predicted octanol–water partition coefficient (Wildman–Crippen LogP) is 2.63. The molecule has 4 nitrogen and oxygen atoms in total. The molecule has 0 aliphatic carbocycles. The summed E-state index contributed by atoms with van der Waals surface area (Å²) >= 11 is 0. The van der Waals surface area contributed by atoms with Gasteiger partial charge < -0.3 is 4.74 Å². The van der Waals surface area contributed by atoms with Crippen LogP contribution in [0.3, 0.4) is 0 Å². The Morgan fingerprint density at radius 2 is 1.80 bits per heavy atom. The van der Waals surface area contributed by atoms with Crippen LogP contribution in [0.15, 0.2) is 18.2 Å². The lowest BCUT2D eigenvalue weighted by atomic mass is 9.82. The number of aryl methyl sites for hydroxylation is 2. The zero-order valence-corrected chi connectivity index (χ0v) is 13.8. The summed E-state index contributed by atoms with van der Waals surface area (Å²) in [5.74, 6) is 0.539. The van der Waals surface area contributed by atoms with E-state index in [4.69, 9.17) is 9.88 Å². The molecule has 0 spiro atoms. The van der Waals surface area contributed by atoms with Crippen LogP contribution >= 0.6 is 0 Å². The molecule has 0 amide bonds. The molecule has 1 aromatic carbocycles. The number of ether oxygens (including phenoxy) is 1. The third kappa shape index (κ3) is 5.51. The Morgan fingerprint density at radius 1 is 1.20 bits per heavy atom. The molecule has 1 unspecified atom stereocenters. The van der Waals surface area contributed by atoms with Crippen molar-refractivity contribution in [2.45, 2.75) is 34.6 Å². The number of primary sulfonamides is 1. The van der Waals surface area contributed by atoms with Crippen LogP contribution in [0, 0.1) is 25.2 Å². The quantitative estimate of drug-likeness (QED) is 0.908. The third-order valence-electron chi connectivity index (χ3n) is 3.59. The van der Waals surface area contributed by atoms with Gasteiger partial charge in [-0.25, -0.2) is 13.6 Å². The molecule has 5 heteroatoms. The summed E-state index contributed by atoms with van der Waals surface area (Å²) in [5, 5.41) is 5.16. The van der Waals surface area contributed by atoms with Crippen LogP contribution in [-0.4, -0.2) is 20.8 Å². The van der Waals surface area contributed by atoms with E-state index in [1.54, 1.807) is 0 Å². The van der Waals surface area contributed by atoms with Crippen molar-refractivity contribution in [1.29, 1.82) is 0 Å². The van der Waals surface area contributed by atoms with Gasteiger partial charge in [-0.2, -0.15) is 0 Å². The average molecular weight is 299 g/mol. The fourth-order valence-corrected chi connectivity index (χ4v) is 2.99. The van der Waals surface area contributed by atoms with Crippen molar-refractivity contribution in [1.82, 2.24) is 0 Å². The molecule has 0 radical (unpaired) electrons. The fraction of sp³-hybridized carbons (Fsp3) is 0.600.